The van der Waals surface area contributed by atoms with Gasteiger partial charge in [-0.1, -0.05) is 6.92 Å². The summed E-state index contributed by atoms with van der Waals surface area (Å²) in [5, 5.41) is 9.40. The van der Waals surface area contributed by atoms with Crippen molar-refractivity contribution in [2.75, 3.05) is 13.1 Å². The Morgan fingerprint density at radius 3 is 2.17 bits per heavy atom. The fourth-order valence-electron chi connectivity index (χ4n) is 2.59. The minimum Gasteiger partial charge on any atom is -0.481 e. The number of carboxylic acid groups (broad SMARTS) is 1. The largest absolute Gasteiger partial charge is 0.481 e. The molecule has 24 heavy (non-hydrogen) atoms. The van der Waals surface area contributed by atoms with Crippen LogP contribution < -0.4 is 0 Å². The van der Waals surface area contributed by atoms with Crippen LogP contribution in [0.1, 0.15) is 53.9 Å². The number of carboxylic acids is 1. The van der Waals surface area contributed by atoms with Crippen LogP contribution in [0.25, 0.3) is 0 Å². The Hall–Kier alpha value is -1.79. The molecule has 1 aliphatic rings. The van der Waals surface area contributed by atoms with E-state index in [2.05, 4.69) is 0 Å². The van der Waals surface area contributed by atoms with Crippen LogP contribution in [0.2, 0.25) is 0 Å². The predicted octanol–water partition coefficient (Wildman–Crippen LogP) is 2.68. The summed E-state index contributed by atoms with van der Waals surface area (Å²) in [6, 6.07) is 0. The SMILES string of the molecule is CCC(C)OC(=O)C(C(=O)O)C1CCN(C(=O)OC(C)(C)C)CC1. The van der Waals surface area contributed by atoms with E-state index in [1.165, 1.54) is 0 Å². The molecule has 1 rings (SSSR count). The highest BCUT2D eigenvalue weighted by Crippen LogP contribution is 2.28. The van der Waals surface area contributed by atoms with E-state index in [0.29, 0.717) is 32.4 Å². The third-order valence-corrected chi connectivity index (χ3v) is 4.07. The molecule has 2 atom stereocenters. The maximum absolute atomic E-state index is 12.1. The van der Waals surface area contributed by atoms with Gasteiger partial charge in [-0.05, 0) is 52.9 Å². The number of amides is 1. The number of carbonyl (C=O) groups excluding carboxylic acids is 2. The molecule has 138 valence electrons. The molecule has 0 aromatic rings. The van der Waals surface area contributed by atoms with E-state index < -0.39 is 29.6 Å². The van der Waals surface area contributed by atoms with Gasteiger partial charge < -0.3 is 19.5 Å². The van der Waals surface area contributed by atoms with Crippen molar-refractivity contribution in [2.24, 2.45) is 11.8 Å². The van der Waals surface area contributed by atoms with Crippen molar-refractivity contribution in [3.63, 3.8) is 0 Å². The smallest absolute Gasteiger partial charge is 0.410 e. The third kappa shape index (κ3) is 6.02. The van der Waals surface area contributed by atoms with Crippen molar-refractivity contribution in [3.05, 3.63) is 0 Å². The van der Waals surface area contributed by atoms with Crippen LogP contribution in [0, 0.1) is 11.8 Å². The van der Waals surface area contributed by atoms with Gasteiger partial charge >= 0.3 is 18.0 Å². The zero-order valence-electron chi connectivity index (χ0n) is 15.2. The molecule has 1 fully saturated rings. The Morgan fingerprint density at radius 2 is 1.75 bits per heavy atom. The summed E-state index contributed by atoms with van der Waals surface area (Å²) in [4.78, 5) is 37.2. The number of hydrogen-bond donors (Lipinski definition) is 1. The lowest BCUT2D eigenvalue weighted by atomic mass is 9.84. The molecule has 0 bridgehead atoms. The van der Waals surface area contributed by atoms with E-state index in [4.69, 9.17) is 9.47 Å². The summed E-state index contributed by atoms with van der Waals surface area (Å²) < 4.78 is 10.5. The Kier molecular flexibility index (Phi) is 7.05. The van der Waals surface area contributed by atoms with E-state index in [1.807, 2.05) is 6.92 Å². The van der Waals surface area contributed by atoms with E-state index in [0.717, 1.165) is 0 Å². The lowest BCUT2D eigenvalue weighted by molar-refractivity contribution is -0.165. The van der Waals surface area contributed by atoms with Gasteiger partial charge in [0, 0.05) is 13.1 Å². The van der Waals surface area contributed by atoms with Crippen molar-refractivity contribution in [1.82, 2.24) is 4.90 Å². The normalized spacial score (nSPS) is 18.6. The molecule has 7 heteroatoms. The molecule has 0 saturated carbocycles. The summed E-state index contributed by atoms with van der Waals surface area (Å²) in [5.41, 5.74) is -0.572. The molecular formula is C17H29NO6. The molecule has 1 amide bonds. The van der Waals surface area contributed by atoms with Gasteiger partial charge in [0.25, 0.3) is 0 Å². The summed E-state index contributed by atoms with van der Waals surface area (Å²) in [6.45, 7) is 9.74. The molecule has 0 spiro atoms. The standard InChI is InChI=1S/C17H29NO6/c1-6-11(2)23-15(21)13(14(19)20)12-7-9-18(10-8-12)16(22)24-17(3,4)5/h11-13H,6-10H2,1-5H3,(H,19,20). The molecule has 0 aromatic carbocycles. The first kappa shape index (κ1) is 20.3. The van der Waals surface area contributed by atoms with Crippen molar-refractivity contribution in [3.8, 4) is 0 Å². The number of ether oxygens (including phenoxy) is 2. The van der Waals surface area contributed by atoms with Crippen molar-refractivity contribution in [1.29, 1.82) is 0 Å². The molecule has 1 N–H and O–H groups in total. The zero-order chi connectivity index (χ0) is 18.5. The average Bonchev–Trinajstić information content (AvgIpc) is 2.45. The number of likely N-dealkylation sites (tertiary alicyclic amines) is 1. The van der Waals surface area contributed by atoms with Gasteiger partial charge in [-0.25, -0.2) is 4.79 Å². The minimum atomic E-state index is -1.18. The highest BCUT2D eigenvalue weighted by Gasteiger charge is 2.39. The molecule has 0 aromatic heterocycles. The first-order valence-corrected chi connectivity index (χ1v) is 8.46. The number of esters is 1. The van der Waals surface area contributed by atoms with Gasteiger partial charge in [-0.3, -0.25) is 9.59 Å². The molecule has 2 unspecified atom stereocenters. The minimum absolute atomic E-state index is 0.304. The second-order valence-corrected chi connectivity index (χ2v) is 7.28. The Bertz CT molecular complexity index is 462. The summed E-state index contributed by atoms with van der Waals surface area (Å²) in [7, 11) is 0. The zero-order valence-corrected chi connectivity index (χ0v) is 15.2. The summed E-state index contributed by atoms with van der Waals surface area (Å²) in [5.74, 6) is -3.37. The molecular weight excluding hydrogens is 314 g/mol. The van der Waals surface area contributed by atoms with Crippen LogP contribution in [-0.2, 0) is 19.1 Å². The van der Waals surface area contributed by atoms with Gasteiger partial charge in [0.05, 0.1) is 6.10 Å². The van der Waals surface area contributed by atoms with Crippen molar-refractivity contribution in [2.45, 2.75) is 65.6 Å². The van der Waals surface area contributed by atoms with Gasteiger partial charge in [-0.2, -0.15) is 0 Å². The fraction of sp³-hybridized carbons (Fsp3) is 0.824. The topological polar surface area (TPSA) is 93.1 Å². The summed E-state index contributed by atoms with van der Waals surface area (Å²) >= 11 is 0. The molecule has 7 nitrogen and oxygen atoms in total. The Morgan fingerprint density at radius 1 is 1.21 bits per heavy atom. The summed E-state index contributed by atoms with van der Waals surface area (Å²) in [6.07, 6.45) is 0.795. The average molecular weight is 343 g/mol. The second-order valence-electron chi connectivity index (χ2n) is 7.28. The van der Waals surface area contributed by atoms with Crippen LogP contribution in [0.3, 0.4) is 0 Å². The third-order valence-electron chi connectivity index (χ3n) is 4.07. The van der Waals surface area contributed by atoms with E-state index in [-0.39, 0.29) is 12.0 Å². The Labute approximate surface area is 143 Å². The molecule has 0 radical (unpaired) electrons. The van der Waals surface area contributed by atoms with Gasteiger partial charge in [0.2, 0.25) is 0 Å². The number of aliphatic carboxylic acids is 1. The number of hydrogen-bond acceptors (Lipinski definition) is 5. The first-order valence-electron chi connectivity index (χ1n) is 8.46. The second kappa shape index (κ2) is 8.35. The maximum Gasteiger partial charge on any atom is 0.410 e. The lowest BCUT2D eigenvalue weighted by Crippen LogP contribution is -2.45. The van der Waals surface area contributed by atoms with Crippen molar-refractivity contribution < 1.29 is 29.0 Å². The van der Waals surface area contributed by atoms with Gasteiger partial charge in [-0.15, -0.1) is 0 Å². The molecule has 1 aliphatic heterocycles. The number of rotatable bonds is 5. The van der Waals surface area contributed by atoms with Crippen LogP contribution in [0.15, 0.2) is 0 Å². The lowest BCUT2D eigenvalue weighted by Gasteiger charge is -2.35. The van der Waals surface area contributed by atoms with Crippen LogP contribution in [0.5, 0.6) is 0 Å². The van der Waals surface area contributed by atoms with Gasteiger partial charge in [0.15, 0.2) is 5.92 Å². The highest BCUT2D eigenvalue weighted by atomic mass is 16.6. The van der Waals surface area contributed by atoms with E-state index in [9.17, 15) is 19.5 Å². The van der Waals surface area contributed by atoms with Crippen molar-refractivity contribution >= 4 is 18.0 Å². The van der Waals surface area contributed by atoms with Gasteiger partial charge in [0.1, 0.15) is 5.60 Å². The van der Waals surface area contributed by atoms with E-state index >= 15 is 0 Å². The number of nitrogens with zero attached hydrogens (tertiary/aromatic N) is 1. The fourth-order valence-corrected chi connectivity index (χ4v) is 2.59. The number of piperidine rings is 1. The monoisotopic (exact) mass is 343 g/mol. The van der Waals surface area contributed by atoms with Crippen LogP contribution >= 0.6 is 0 Å². The molecule has 1 saturated heterocycles. The highest BCUT2D eigenvalue weighted by molar-refractivity contribution is 5.94. The van der Waals surface area contributed by atoms with Crippen LogP contribution in [0.4, 0.5) is 4.79 Å². The van der Waals surface area contributed by atoms with Crippen LogP contribution in [-0.4, -0.2) is 52.8 Å². The maximum atomic E-state index is 12.1. The quantitative estimate of drug-likeness (QED) is 0.609. The first-order chi connectivity index (χ1) is 11.0. The number of carbonyl (C=O) groups is 3. The molecule has 1 heterocycles. The predicted molar refractivity (Wildman–Crippen MR) is 87.5 cm³/mol. The molecule has 0 aliphatic carbocycles. The Balaban J connectivity index is 2.64. The van der Waals surface area contributed by atoms with E-state index in [1.54, 1.807) is 32.6 Å².